The van der Waals surface area contributed by atoms with Crippen LogP contribution in [0.4, 0.5) is 0 Å². The fourth-order valence-electron chi connectivity index (χ4n) is 4.02. The lowest BCUT2D eigenvalue weighted by molar-refractivity contribution is -0.905. The maximum atomic E-state index is 6.15. The maximum absolute atomic E-state index is 6.15. The van der Waals surface area contributed by atoms with E-state index in [2.05, 4.69) is 52.2 Å². The zero-order valence-electron chi connectivity index (χ0n) is 14.7. The molecule has 1 aliphatic heterocycles. The number of quaternary nitrogens is 1. The van der Waals surface area contributed by atoms with Crippen molar-refractivity contribution >= 4 is 22.6 Å². The van der Waals surface area contributed by atoms with Gasteiger partial charge in [-0.1, -0.05) is 18.2 Å². The van der Waals surface area contributed by atoms with Crippen LogP contribution in [0.3, 0.4) is 0 Å². The first kappa shape index (κ1) is 15.7. The predicted molar refractivity (Wildman–Crippen MR) is 101 cm³/mol. The molecule has 124 valence electrons. The van der Waals surface area contributed by atoms with Gasteiger partial charge in [-0.15, -0.1) is 0 Å². The van der Waals surface area contributed by atoms with Gasteiger partial charge in [0.1, 0.15) is 12.1 Å². The van der Waals surface area contributed by atoms with Crippen molar-refractivity contribution < 1.29 is 8.90 Å². The zero-order valence-corrected chi connectivity index (χ0v) is 15.5. The number of nitrogens with zero attached hydrogens (tertiary/aromatic N) is 1. The number of fused-ring (bicyclic) bond motifs is 2. The molecule has 2 heterocycles. The second-order valence-corrected chi connectivity index (χ2v) is 8.11. The van der Waals surface area contributed by atoms with Crippen LogP contribution in [-0.2, 0) is 13.0 Å². The van der Waals surface area contributed by atoms with E-state index in [-0.39, 0.29) is 0 Å². The molecule has 2 aromatic carbocycles. The summed E-state index contributed by atoms with van der Waals surface area (Å²) in [6, 6.07) is 10.9. The number of furan rings is 1. The average Bonchev–Trinajstić information content (AvgIpc) is 2.86. The van der Waals surface area contributed by atoms with Crippen LogP contribution < -0.4 is 0 Å². The van der Waals surface area contributed by atoms with Crippen molar-refractivity contribution in [3.63, 3.8) is 0 Å². The van der Waals surface area contributed by atoms with Crippen molar-refractivity contribution in [2.24, 2.45) is 0 Å². The molecular formula is C21H23ClNO+. The van der Waals surface area contributed by atoms with Crippen LogP contribution in [0.5, 0.6) is 0 Å². The number of hydrogen-bond acceptors (Lipinski definition) is 1. The van der Waals surface area contributed by atoms with Crippen molar-refractivity contribution in [1.29, 1.82) is 0 Å². The summed E-state index contributed by atoms with van der Waals surface area (Å²) in [7, 11) is 4.62. The molecule has 3 heteroatoms. The van der Waals surface area contributed by atoms with Gasteiger partial charge in [-0.3, -0.25) is 0 Å². The van der Waals surface area contributed by atoms with Crippen LogP contribution in [-0.4, -0.2) is 25.1 Å². The van der Waals surface area contributed by atoms with E-state index >= 15 is 0 Å². The Hall–Kier alpha value is -1.77. The summed E-state index contributed by atoms with van der Waals surface area (Å²) in [5.74, 6) is 0. The number of aryl methyl sites for hydroxylation is 2. The van der Waals surface area contributed by atoms with Crippen LogP contribution in [0.1, 0.15) is 22.3 Å². The van der Waals surface area contributed by atoms with E-state index in [1.54, 1.807) is 0 Å². The number of likely N-dealkylation sites (N-methyl/N-ethyl adjacent to an activating group) is 1. The summed E-state index contributed by atoms with van der Waals surface area (Å²) in [5.41, 5.74) is 8.99. The van der Waals surface area contributed by atoms with Crippen LogP contribution in [0.2, 0.25) is 5.22 Å². The summed E-state index contributed by atoms with van der Waals surface area (Å²) in [5, 5.41) is 1.57. The molecule has 0 aliphatic carbocycles. The largest absolute Gasteiger partial charge is 0.445 e. The third-order valence-corrected chi connectivity index (χ3v) is 5.39. The minimum Gasteiger partial charge on any atom is -0.445 e. The molecule has 0 fully saturated rings. The van der Waals surface area contributed by atoms with E-state index in [0.29, 0.717) is 5.22 Å². The minimum atomic E-state index is 0.456. The molecule has 1 aliphatic rings. The molecule has 0 N–H and O–H groups in total. The van der Waals surface area contributed by atoms with Gasteiger partial charge in [0.2, 0.25) is 0 Å². The van der Waals surface area contributed by atoms with Crippen molar-refractivity contribution in [3.8, 4) is 11.1 Å². The Balaban J connectivity index is 2.01. The topological polar surface area (TPSA) is 13.1 Å². The number of benzene rings is 2. The summed E-state index contributed by atoms with van der Waals surface area (Å²) < 4.78 is 6.74. The SMILES string of the molecule is Cc1cc(-c2c(C)ccc3c2CC[N+](C)(C)C3)c2cc(Cl)oc2c1. The Kier molecular flexibility index (Phi) is 3.52. The van der Waals surface area contributed by atoms with Gasteiger partial charge in [0, 0.05) is 23.4 Å². The van der Waals surface area contributed by atoms with Crippen LogP contribution in [0.25, 0.3) is 22.1 Å². The normalized spacial score (nSPS) is 16.4. The van der Waals surface area contributed by atoms with Gasteiger partial charge < -0.3 is 8.90 Å². The molecule has 0 saturated carbocycles. The second-order valence-electron chi connectivity index (χ2n) is 7.74. The van der Waals surface area contributed by atoms with Crippen molar-refractivity contribution in [3.05, 3.63) is 57.8 Å². The lowest BCUT2D eigenvalue weighted by atomic mass is 9.85. The standard InChI is InChI=1S/C21H23ClNO/c1-13-9-18(17-11-20(22)24-19(17)10-13)21-14(2)5-6-15-12-23(3,4)8-7-16(15)21/h5-6,9-11H,7-8,12H2,1-4H3/q+1. The van der Waals surface area contributed by atoms with Crippen LogP contribution in [0, 0.1) is 13.8 Å². The summed E-state index contributed by atoms with van der Waals surface area (Å²) in [6.07, 6.45) is 1.11. The molecule has 0 bridgehead atoms. The molecule has 0 unspecified atom stereocenters. The monoisotopic (exact) mass is 340 g/mol. The van der Waals surface area contributed by atoms with Gasteiger partial charge in [-0.2, -0.15) is 0 Å². The van der Waals surface area contributed by atoms with Crippen molar-refractivity contribution in [1.82, 2.24) is 0 Å². The second kappa shape index (κ2) is 5.37. The lowest BCUT2D eigenvalue weighted by Crippen LogP contribution is -2.43. The van der Waals surface area contributed by atoms with E-state index in [1.807, 2.05) is 6.07 Å². The molecule has 0 atom stereocenters. The third-order valence-electron chi connectivity index (χ3n) is 5.20. The predicted octanol–water partition coefficient (Wildman–Crippen LogP) is 5.50. The quantitative estimate of drug-likeness (QED) is 0.533. The van der Waals surface area contributed by atoms with Gasteiger partial charge in [0.15, 0.2) is 5.22 Å². The maximum Gasteiger partial charge on any atom is 0.194 e. The molecule has 4 rings (SSSR count). The van der Waals surface area contributed by atoms with Gasteiger partial charge >= 0.3 is 0 Å². The highest BCUT2D eigenvalue weighted by Crippen LogP contribution is 2.40. The first-order valence-corrected chi connectivity index (χ1v) is 8.85. The molecule has 0 radical (unpaired) electrons. The Morgan fingerprint density at radius 2 is 1.88 bits per heavy atom. The molecule has 24 heavy (non-hydrogen) atoms. The zero-order chi connectivity index (χ0) is 17.1. The summed E-state index contributed by atoms with van der Waals surface area (Å²) >= 11 is 6.15. The average molecular weight is 341 g/mol. The van der Waals surface area contributed by atoms with Crippen molar-refractivity contribution in [2.75, 3.05) is 20.6 Å². The molecule has 0 spiro atoms. The highest BCUT2D eigenvalue weighted by Gasteiger charge is 2.27. The van der Waals surface area contributed by atoms with Crippen LogP contribution >= 0.6 is 11.6 Å². The highest BCUT2D eigenvalue weighted by atomic mass is 35.5. The van der Waals surface area contributed by atoms with E-state index < -0.39 is 0 Å². The van der Waals surface area contributed by atoms with E-state index in [9.17, 15) is 0 Å². The smallest absolute Gasteiger partial charge is 0.194 e. The molecule has 3 aromatic rings. The Bertz CT molecular complexity index is 952. The minimum absolute atomic E-state index is 0.456. The van der Waals surface area contributed by atoms with Gasteiger partial charge in [-0.25, -0.2) is 0 Å². The van der Waals surface area contributed by atoms with E-state index in [0.717, 1.165) is 28.4 Å². The molecular weight excluding hydrogens is 318 g/mol. The lowest BCUT2D eigenvalue weighted by Gasteiger charge is -2.36. The highest BCUT2D eigenvalue weighted by molar-refractivity contribution is 6.30. The Morgan fingerprint density at radius 3 is 2.67 bits per heavy atom. The van der Waals surface area contributed by atoms with E-state index in [1.165, 1.54) is 39.9 Å². The molecule has 1 aromatic heterocycles. The number of halogens is 1. The Morgan fingerprint density at radius 1 is 1.08 bits per heavy atom. The number of hydrogen-bond donors (Lipinski definition) is 0. The van der Waals surface area contributed by atoms with Gasteiger partial charge in [-0.05, 0) is 59.3 Å². The van der Waals surface area contributed by atoms with Crippen molar-refractivity contribution in [2.45, 2.75) is 26.8 Å². The van der Waals surface area contributed by atoms with E-state index in [4.69, 9.17) is 16.0 Å². The Labute approximate surface area is 148 Å². The molecule has 2 nitrogen and oxygen atoms in total. The summed E-state index contributed by atoms with van der Waals surface area (Å²) in [6.45, 7) is 6.58. The third kappa shape index (κ3) is 2.54. The first-order valence-electron chi connectivity index (χ1n) is 8.47. The van der Waals surface area contributed by atoms with Gasteiger partial charge in [0.25, 0.3) is 0 Å². The summed E-state index contributed by atoms with van der Waals surface area (Å²) in [4.78, 5) is 0. The van der Waals surface area contributed by atoms with Gasteiger partial charge in [0.05, 0.1) is 20.6 Å². The number of rotatable bonds is 1. The fraction of sp³-hybridized carbons (Fsp3) is 0.333. The van der Waals surface area contributed by atoms with Crippen LogP contribution in [0.15, 0.2) is 34.7 Å². The fourth-order valence-corrected chi connectivity index (χ4v) is 4.22. The molecule has 0 saturated heterocycles. The first-order chi connectivity index (χ1) is 11.3. The molecule has 0 amide bonds.